The average molecular weight is 268 g/mol. The summed E-state index contributed by atoms with van der Waals surface area (Å²) in [6.07, 6.45) is 3.04. The second-order valence-corrected chi connectivity index (χ2v) is 4.76. The van der Waals surface area contributed by atoms with Crippen molar-refractivity contribution in [3.63, 3.8) is 0 Å². The van der Waals surface area contributed by atoms with Crippen LogP contribution in [0, 0.1) is 0 Å². The molecule has 1 aromatic rings. The molecule has 1 aliphatic rings. The normalized spacial score (nSPS) is 18.1. The number of nitrogens with zero attached hydrogens (tertiary/aromatic N) is 2. The topological polar surface area (TPSA) is 74.5 Å². The van der Waals surface area contributed by atoms with Gasteiger partial charge in [-0.3, -0.25) is 4.79 Å². The highest BCUT2D eigenvalue weighted by atomic mass is 16.5. The maximum atomic E-state index is 11.7. The fourth-order valence-electron chi connectivity index (χ4n) is 2.14. The number of ether oxygens (including phenoxy) is 2. The average Bonchev–Trinajstić information content (AvgIpc) is 3.08. The van der Waals surface area contributed by atoms with Gasteiger partial charge in [0.2, 0.25) is 11.7 Å². The Bertz CT molecular complexity index is 434. The maximum Gasteiger partial charge on any atom is 0.321 e. The van der Waals surface area contributed by atoms with Crippen molar-refractivity contribution in [2.75, 3.05) is 13.7 Å². The molecule has 0 bridgehead atoms. The molecular formula is C13H20N2O4. The minimum Gasteiger partial charge on any atom is -0.468 e. The van der Waals surface area contributed by atoms with Crippen LogP contribution in [0.2, 0.25) is 0 Å². The van der Waals surface area contributed by atoms with Gasteiger partial charge in [0.1, 0.15) is 11.5 Å². The maximum absolute atomic E-state index is 11.7. The SMILES string of the molecule is CCCC(OCC)c1noc(C2(C(=O)OC)CC2)n1. The zero-order valence-corrected chi connectivity index (χ0v) is 11.6. The van der Waals surface area contributed by atoms with Crippen molar-refractivity contribution in [3.05, 3.63) is 11.7 Å². The van der Waals surface area contributed by atoms with Gasteiger partial charge in [-0.2, -0.15) is 4.98 Å². The second-order valence-electron chi connectivity index (χ2n) is 4.76. The summed E-state index contributed by atoms with van der Waals surface area (Å²) in [4.78, 5) is 16.1. The summed E-state index contributed by atoms with van der Waals surface area (Å²) in [5, 5.41) is 3.96. The Kier molecular flexibility index (Phi) is 4.19. The molecule has 1 aromatic heterocycles. The molecule has 6 heteroatoms. The van der Waals surface area contributed by atoms with Gasteiger partial charge in [-0.1, -0.05) is 18.5 Å². The molecular weight excluding hydrogens is 248 g/mol. The molecule has 1 fully saturated rings. The molecule has 1 saturated carbocycles. The lowest BCUT2D eigenvalue weighted by molar-refractivity contribution is -0.144. The monoisotopic (exact) mass is 268 g/mol. The molecule has 0 spiro atoms. The van der Waals surface area contributed by atoms with E-state index in [1.54, 1.807) is 0 Å². The van der Waals surface area contributed by atoms with Crippen molar-refractivity contribution in [1.82, 2.24) is 10.1 Å². The smallest absolute Gasteiger partial charge is 0.321 e. The molecule has 2 rings (SSSR count). The van der Waals surface area contributed by atoms with Crippen molar-refractivity contribution in [1.29, 1.82) is 0 Å². The van der Waals surface area contributed by atoms with Gasteiger partial charge in [0.05, 0.1) is 7.11 Å². The van der Waals surface area contributed by atoms with Crippen LogP contribution >= 0.6 is 0 Å². The van der Waals surface area contributed by atoms with Gasteiger partial charge in [0, 0.05) is 6.61 Å². The lowest BCUT2D eigenvalue weighted by atomic mass is 10.1. The van der Waals surface area contributed by atoms with Crippen LogP contribution in [-0.4, -0.2) is 29.8 Å². The van der Waals surface area contributed by atoms with E-state index in [1.807, 2.05) is 6.92 Å². The van der Waals surface area contributed by atoms with Crippen LogP contribution in [0.4, 0.5) is 0 Å². The summed E-state index contributed by atoms with van der Waals surface area (Å²) < 4.78 is 15.6. The predicted molar refractivity (Wildman–Crippen MR) is 66.5 cm³/mol. The molecule has 6 nitrogen and oxygen atoms in total. The van der Waals surface area contributed by atoms with Crippen molar-refractivity contribution in [2.24, 2.45) is 0 Å². The summed E-state index contributed by atoms with van der Waals surface area (Å²) >= 11 is 0. The standard InChI is InChI=1S/C13H20N2O4/c1-4-6-9(18-5-2)10-14-11(19-15-10)13(7-8-13)12(16)17-3/h9H,4-8H2,1-3H3. The van der Waals surface area contributed by atoms with E-state index < -0.39 is 5.41 Å². The highest BCUT2D eigenvalue weighted by Gasteiger charge is 2.57. The summed E-state index contributed by atoms with van der Waals surface area (Å²) in [6, 6.07) is 0. The van der Waals surface area contributed by atoms with Crippen molar-refractivity contribution in [2.45, 2.75) is 51.0 Å². The Hall–Kier alpha value is -1.43. The van der Waals surface area contributed by atoms with E-state index in [-0.39, 0.29) is 12.1 Å². The van der Waals surface area contributed by atoms with E-state index in [0.29, 0.717) is 31.2 Å². The third kappa shape index (κ3) is 2.63. The summed E-state index contributed by atoms with van der Waals surface area (Å²) in [6.45, 7) is 4.60. The van der Waals surface area contributed by atoms with E-state index in [2.05, 4.69) is 17.1 Å². The third-order valence-corrected chi connectivity index (χ3v) is 3.38. The Balaban J connectivity index is 2.16. The molecule has 106 valence electrons. The molecule has 1 unspecified atom stereocenters. The number of carbonyl (C=O) groups is 1. The van der Waals surface area contributed by atoms with Crippen LogP contribution in [0.25, 0.3) is 0 Å². The van der Waals surface area contributed by atoms with Crippen LogP contribution < -0.4 is 0 Å². The summed E-state index contributed by atoms with van der Waals surface area (Å²) in [7, 11) is 1.37. The van der Waals surface area contributed by atoms with Gasteiger partial charge < -0.3 is 14.0 Å². The van der Waals surface area contributed by atoms with Crippen LogP contribution in [-0.2, 0) is 19.7 Å². The zero-order valence-electron chi connectivity index (χ0n) is 11.6. The third-order valence-electron chi connectivity index (χ3n) is 3.38. The van der Waals surface area contributed by atoms with E-state index in [4.69, 9.17) is 14.0 Å². The Morgan fingerprint density at radius 2 is 2.21 bits per heavy atom. The first kappa shape index (κ1) is 14.0. The van der Waals surface area contributed by atoms with Gasteiger partial charge in [0.25, 0.3) is 0 Å². The number of hydrogen-bond donors (Lipinski definition) is 0. The minimum atomic E-state index is -0.705. The van der Waals surface area contributed by atoms with E-state index >= 15 is 0 Å². The molecule has 1 heterocycles. The van der Waals surface area contributed by atoms with Crippen LogP contribution in [0.15, 0.2) is 4.52 Å². The van der Waals surface area contributed by atoms with E-state index in [9.17, 15) is 4.79 Å². The highest BCUT2D eigenvalue weighted by Crippen LogP contribution is 2.48. The molecule has 0 N–H and O–H groups in total. The zero-order chi connectivity index (χ0) is 13.9. The Morgan fingerprint density at radius 1 is 1.47 bits per heavy atom. The molecule has 0 radical (unpaired) electrons. The molecule has 0 amide bonds. The Morgan fingerprint density at radius 3 is 2.74 bits per heavy atom. The summed E-state index contributed by atoms with van der Waals surface area (Å²) in [5.41, 5.74) is -0.705. The fourth-order valence-corrected chi connectivity index (χ4v) is 2.14. The first-order valence-corrected chi connectivity index (χ1v) is 6.72. The van der Waals surface area contributed by atoms with Gasteiger partial charge in [-0.05, 0) is 26.2 Å². The quantitative estimate of drug-likeness (QED) is 0.705. The van der Waals surface area contributed by atoms with Gasteiger partial charge in [-0.15, -0.1) is 0 Å². The van der Waals surface area contributed by atoms with Crippen LogP contribution in [0.5, 0.6) is 0 Å². The number of methoxy groups -OCH3 is 1. The first-order chi connectivity index (χ1) is 9.17. The number of aromatic nitrogens is 2. The van der Waals surface area contributed by atoms with Crippen LogP contribution in [0.1, 0.15) is 57.3 Å². The number of rotatable bonds is 7. The lowest BCUT2D eigenvalue weighted by Crippen LogP contribution is -2.22. The van der Waals surface area contributed by atoms with Gasteiger partial charge in [-0.25, -0.2) is 0 Å². The number of hydrogen-bond acceptors (Lipinski definition) is 6. The van der Waals surface area contributed by atoms with Crippen molar-refractivity contribution in [3.8, 4) is 0 Å². The number of esters is 1. The first-order valence-electron chi connectivity index (χ1n) is 6.72. The largest absolute Gasteiger partial charge is 0.468 e. The highest BCUT2D eigenvalue weighted by molar-refractivity contribution is 5.85. The van der Waals surface area contributed by atoms with Crippen molar-refractivity contribution < 1.29 is 18.8 Å². The number of carbonyl (C=O) groups excluding carboxylic acids is 1. The van der Waals surface area contributed by atoms with Crippen molar-refractivity contribution >= 4 is 5.97 Å². The molecule has 1 atom stereocenters. The van der Waals surface area contributed by atoms with E-state index in [0.717, 1.165) is 12.8 Å². The lowest BCUT2D eigenvalue weighted by Gasteiger charge is -2.11. The van der Waals surface area contributed by atoms with E-state index in [1.165, 1.54) is 7.11 Å². The molecule has 0 saturated heterocycles. The predicted octanol–water partition coefficient (Wildman–Crippen LogP) is 2.15. The van der Waals surface area contributed by atoms with Gasteiger partial charge >= 0.3 is 5.97 Å². The molecule has 0 aromatic carbocycles. The molecule has 1 aliphatic carbocycles. The molecule has 0 aliphatic heterocycles. The van der Waals surface area contributed by atoms with Gasteiger partial charge in [0.15, 0.2) is 0 Å². The minimum absolute atomic E-state index is 0.166. The fraction of sp³-hybridized carbons (Fsp3) is 0.769. The Labute approximate surface area is 112 Å². The second kappa shape index (κ2) is 5.69. The molecule has 19 heavy (non-hydrogen) atoms. The summed E-state index contributed by atoms with van der Waals surface area (Å²) in [5.74, 6) is 0.579. The van der Waals surface area contributed by atoms with Crippen LogP contribution in [0.3, 0.4) is 0 Å².